The fourth-order valence-corrected chi connectivity index (χ4v) is 2.49. The Balaban J connectivity index is 2.19. The van der Waals surface area contributed by atoms with Crippen LogP contribution in [-0.2, 0) is 9.53 Å². The van der Waals surface area contributed by atoms with Crippen LogP contribution in [0.4, 0.5) is 5.69 Å². The molecule has 6 heteroatoms. The first-order chi connectivity index (χ1) is 11.2. The van der Waals surface area contributed by atoms with Crippen LogP contribution in [0.25, 0.3) is 0 Å². The molecule has 0 saturated carbocycles. The molecule has 4 N–H and O–H groups in total. The standard InChI is InChI=1S/C17H21N3O3/c1-23-17(22)15-5-4-14(11-13(15)3-2-8-18)20-16(21)12-6-9-19-10-7-12/h4-5,11-12,19H,6-10,18H2,1H3,(H,20,21). The third-order valence-corrected chi connectivity index (χ3v) is 3.73. The fraction of sp³-hybridized carbons (Fsp3) is 0.412. The van der Waals surface area contributed by atoms with Gasteiger partial charge in [0.25, 0.3) is 0 Å². The van der Waals surface area contributed by atoms with E-state index in [-0.39, 0.29) is 18.4 Å². The molecule has 0 unspecified atom stereocenters. The van der Waals surface area contributed by atoms with E-state index < -0.39 is 5.97 Å². The molecule has 2 rings (SSSR count). The van der Waals surface area contributed by atoms with E-state index in [0.29, 0.717) is 16.8 Å². The van der Waals surface area contributed by atoms with Crippen LogP contribution in [0.5, 0.6) is 0 Å². The molecule has 1 amide bonds. The highest BCUT2D eigenvalue weighted by molar-refractivity contribution is 5.96. The number of anilines is 1. The number of esters is 1. The number of amides is 1. The first-order valence-electron chi connectivity index (χ1n) is 7.58. The third-order valence-electron chi connectivity index (χ3n) is 3.73. The molecule has 122 valence electrons. The van der Waals surface area contributed by atoms with Crippen LogP contribution < -0.4 is 16.4 Å². The molecule has 0 spiro atoms. The quantitative estimate of drug-likeness (QED) is 0.564. The summed E-state index contributed by atoms with van der Waals surface area (Å²) in [5.41, 5.74) is 6.85. The molecule has 1 aliphatic rings. The summed E-state index contributed by atoms with van der Waals surface area (Å²) in [6.45, 7) is 1.89. The molecule has 0 radical (unpaired) electrons. The number of rotatable bonds is 3. The number of piperidine rings is 1. The lowest BCUT2D eigenvalue weighted by Gasteiger charge is -2.21. The number of ether oxygens (including phenoxy) is 1. The van der Waals surface area contributed by atoms with Crippen molar-refractivity contribution < 1.29 is 14.3 Å². The van der Waals surface area contributed by atoms with Crippen LogP contribution in [-0.4, -0.2) is 38.6 Å². The van der Waals surface area contributed by atoms with E-state index in [0.717, 1.165) is 25.9 Å². The van der Waals surface area contributed by atoms with E-state index in [9.17, 15) is 9.59 Å². The van der Waals surface area contributed by atoms with Gasteiger partial charge in [-0.05, 0) is 44.1 Å². The van der Waals surface area contributed by atoms with Gasteiger partial charge in [-0.15, -0.1) is 0 Å². The van der Waals surface area contributed by atoms with Gasteiger partial charge in [0.1, 0.15) is 0 Å². The number of carbonyl (C=O) groups is 2. The van der Waals surface area contributed by atoms with Crippen molar-refractivity contribution in [2.75, 3.05) is 32.1 Å². The molecule has 6 nitrogen and oxygen atoms in total. The highest BCUT2D eigenvalue weighted by Gasteiger charge is 2.21. The van der Waals surface area contributed by atoms with Crippen LogP contribution in [0.3, 0.4) is 0 Å². The summed E-state index contributed by atoms with van der Waals surface area (Å²) in [5, 5.41) is 6.13. The molecule has 0 aromatic heterocycles. The molecule has 23 heavy (non-hydrogen) atoms. The van der Waals surface area contributed by atoms with Crippen molar-refractivity contribution in [1.29, 1.82) is 0 Å². The van der Waals surface area contributed by atoms with Gasteiger partial charge in [0.2, 0.25) is 5.91 Å². The summed E-state index contributed by atoms with van der Waals surface area (Å²) in [6, 6.07) is 4.96. The second-order valence-corrected chi connectivity index (χ2v) is 5.27. The largest absolute Gasteiger partial charge is 0.465 e. The molecule has 1 aromatic rings. The number of hydrogen-bond donors (Lipinski definition) is 3. The monoisotopic (exact) mass is 315 g/mol. The second kappa shape index (κ2) is 8.32. The van der Waals surface area contributed by atoms with Gasteiger partial charge in [0.05, 0.1) is 19.2 Å². The lowest BCUT2D eigenvalue weighted by atomic mass is 9.97. The van der Waals surface area contributed by atoms with E-state index in [4.69, 9.17) is 10.5 Å². The van der Waals surface area contributed by atoms with E-state index in [1.807, 2.05) is 0 Å². The van der Waals surface area contributed by atoms with E-state index in [2.05, 4.69) is 22.5 Å². The molecule has 1 heterocycles. The molecule has 0 bridgehead atoms. The Labute approximate surface area is 135 Å². The van der Waals surface area contributed by atoms with Crippen LogP contribution >= 0.6 is 0 Å². The van der Waals surface area contributed by atoms with Crippen molar-refractivity contribution in [3.8, 4) is 11.8 Å². The average Bonchev–Trinajstić information content (AvgIpc) is 2.60. The zero-order valence-electron chi connectivity index (χ0n) is 13.1. The number of benzene rings is 1. The highest BCUT2D eigenvalue weighted by atomic mass is 16.5. The number of nitrogens with two attached hydrogens (primary N) is 1. The molecule has 1 aliphatic heterocycles. The van der Waals surface area contributed by atoms with Gasteiger partial charge in [-0.25, -0.2) is 4.79 Å². The first-order valence-corrected chi connectivity index (χ1v) is 7.58. The summed E-state index contributed by atoms with van der Waals surface area (Å²) < 4.78 is 4.74. The summed E-state index contributed by atoms with van der Waals surface area (Å²) >= 11 is 0. The molecule has 1 saturated heterocycles. The fourth-order valence-electron chi connectivity index (χ4n) is 2.49. The number of methoxy groups -OCH3 is 1. The Morgan fingerprint density at radius 1 is 1.39 bits per heavy atom. The van der Waals surface area contributed by atoms with Crippen LogP contribution in [0.15, 0.2) is 18.2 Å². The van der Waals surface area contributed by atoms with Crippen molar-refractivity contribution in [2.45, 2.75) is 12.8 Å². The first kappa shape index (κ1) is 17.0. The third kappa shape index (κ3) is 4.55. The van der Waals surface area contributed by atoms with E-state index in [1.54, 1.807) is 18.2 Å². The molecule has 0 aliphatic carbocycles. The van der Waals surface area contributed by atoms with Crippen molar-refractivity contribution >= 4 is 17.6 Å². The van der Waals surface area contributed by atoms with Gasteiger partial charge in [0.15, 0.2) is 0 Å². The zero-order chi connectivity index (χ0) is 16.7. The molecular weight excluding hydrogens is 294 g/mol. The summed E-state index contributed by atoms with van der Waals surface area (Å²) in [7, 11) is 1.31. The lowest BCUT2D eigenvalue weighted by molar-refractivity contribution is -0.120. The maximum absolute atomic E-state index is 12.3. The molecule has 1 aromatic carbocycles. The van der Waals surface area contributed by atoms with Gasteiger partial charge in [-0.2, -0.15) is 0 Å². The number of nitrogens with one attached hydrogen (secondary N) is 2. The predicted octanol–water partition coefficient (Wildman–Crippen LogP) is 0.721. The molecule has 1 fully saturated rings. The van der Waals surface area contributed by atoms with Crippen LogP contribution in [0.2, 0.25) is 0 Å². The van der Waals surface area contributed by atoms with Gasteiger partial charge in [0, 0.05) is 17.2 Å². The van der Waals surface area contributed by atoms with Crippen molar-refractivity contribution in [3.05, 3.63) is 29.3 Å². The Morgan fingerprint density at radius 3 is 2.78 bits per heavy atom. The molecule has 0 atom stereocenters. The van der Waals surface area contributed by atoms with Gasteiger partial charge in [-0.1, -0.05) is 11.8 Å². The van der Waals surface area contributed by atoms with Crippen molar-refractivity contribution in [2.24, 2.45) is 11.7 Å². The highest BCUT2D eigenvalue weighted by Crippen LogP contribution is 2.19. The van der Waals surface area contributed by atoms with Gasteiger partial charge < -0.3 is 21.1 Å². The topological polar surface area (TPSA) is 93.4 Å². The smallest absolute Gasteiger partial charge is 0.339 e. The maximum Gasteiger partial charge on any atom is 0.339 e. The minimum absolute atomic E-state index is 0.00458. The SMILES string of the molecule is COC(=O)c1ccc(NC(=O)C2CCNCC2)cc1C#CCN. The zero-order valence-corrected chi connectivity index (χ0v) is 13.1. The maximum atomic E-state index is 12.3. The number of carbonyl (C=O) groups excluding carboxylic acids is 2. The van der Waals surface area contributed by atoms with Crippen LogP contribution in [0.1, 0.15) is 28.8 Å². The van der Waals surface area contributed by atoms with E-state index in [1.165, 1.54) is 7.11 Å². The second-order valence-electron chi connectivity index (χ2n) is 5.27. The Morgan fingerprint density at radius 2 is 2.13 bits per heavy atom. The van der Waals surface area contributed by atoms with Gasteiger partial charge >= 0.3 is 5.97 Å². The Hall–Kier alpha value is -2.36. The summed E-state index contributed by atoms with van der Waals surface area (Å²) in [6.07, 6.45) is 1.65. The lowest BCUT2D eigenvalue weighted by Crippen LogP contribution is -2.34. The summed E-state index contributed by atoms with van der Waals surface area (Å²) in [5.74, 6) is 5.10. The normalized spacial score (nSPS) is 14.5. The summed E-state index contributed by atoms with van der Waals surface area (Å²) in [4.78, 5) is 24.0. The minimum Gasteiger partial charge on any atom is -0.465 e. The van der Waals surface area contributed by atoms with Gasteiger partial charge in [-0.3, -0.25) is 4.79 Å². The molecular formula is C17H21N3O3. The predicted molar refractivity (Wildman–Crippen MR) is 87.9 cm³/mol. The minimum atomic E-state index is -0.470. The van der Waals surface area contributed by atoms with E-state index >= 15 is 0 Å². The van der Waals surface area contributed by atoms with Crippen LogP contribution in [0, 0.1) is 17.8 Å². The van der Waals surface area contributed by atoms with Crippen molar-refractivity contribution in [1.82, 2.24) is 5.32 Å². The Kier molecular flexibility index (Phi) is 6.15. The number of hydrogen-bond acceptors (Lipinski definition) is 5. The Bertz CT molecular complexity index is 640. The van der Waals surface area contributed by atoms with Crippen molar-refractivity contribution in [3.63, 3.8) is 0 Å². The average molecular weight is 315 g/mol.